The highest BCUT2D eigenvalue weighted by Gasteiger charge is 2.25. The molecule has 0 bridgehead atoms. The fourth-order valence-electron chi connectivity index (χ4n) is 1.61. The summed E-state index contributed by atoms with van der Waals surface area (Å²) in [6.45, 7) is 2.18. The van der Waals surface area contributed by atoms with E-state index in [-0.39, 0.29) is 18.7 Å². The van der Waals surface area contributed by atoms with Gasteiger partial charge < -0.3 is 5.32 Å². The Morgan fingerprint density at radius 2 is 2.05 bits per heavy atom. The number of halogens is 3. The monoisotopic (exact) mass is 276 g/mol. The zero-order chi connectivity index (χ0) is 14.5. The van der Waals surface area contributed by atoms with Crippen molar-refractivity contribution >= 4 is 5.69 Å². The van der Waals surface area contributed by atoms with Crippen molar-refractivity contribution in [1.82, 2.24) is 5.32 Å². The van der Waals surface area contributed by atoms with Crippen molar-refractivity contribution < 1.29 is 18.1 Å². The topological polar surface area (TPSA) is 55.2 Å². The number of nitro benzene ring substituents is 1. The van der Waals surface area contributed by atoms with Crippen molar-refractivity contribution in [3.63, 3.8) is 0 Å². The van der Waals surface area contributed by atoms with Crippen molar-refractivity contribution in [3.8, 4) is 0 Å². The van der Waals surface area contributed by atoms with E-state index in [2.05, 4.69) is 5.32 Å². The van der Waals surface area contributed by atoms with Crippen molar-refractivity contribution in [2.75, 3.05) is 6.54 Å². The van der Waals surface area contributed by atoms with Gasteiger partial charge >= 0.3 is 6.18 Å². The zero-order valence-electron chi connectivity index (χ0n) is 10.5. The van der Waals surface area contributed by atoms with Crippen molar-refractivity contribution in [2.24, 2.45) is 0 Å². The minimum Gasteiger partial charge on any atom is -0.313 e. The number of hydrogen-bond donors (Lipinski definition) is 1. The standard InChI is InChI=1S/C12H15F3N2O2/c1-9-3-4-10(7-11(9)17(18)19)8-16-6-2-5-12(13,14)15/h3-4,7,16H,2,5-6,8H2,1H3. The van der Waals surface area contributed by atoms with Gasteiger partial charge in [0.15, 0.2) is 0 Å². The lowest BCUT2D eigenvalue weighted by atomic mass is 10.1. The first-order valence-corrected chi connectivity index (χ1v) is 5.81. The quantitative estimate of drug-likeness (QED) is 0.492. The Morgan fingerprint density at radius 1 is 1.37 bits per heavy atom. The van der Waals surface area contributed by atoms with Gasteiger partial charge in [-0.25, -0.2) is 0 Å². The molecule has 0 spiro atoms. The lowest BCUT2D eigenvalue weighted by Gasteiger charge is -2.07. The average molecular weight is 276 g/mol. The van der Waals surface area contributed by atoms with Gasteiger partial charge in [0, 0.05) is 24.6 Å². The molecule has 0 unspecified atom stereocenters. The molecule has 0 radical (unpaired) electrons. The van der Waals surface area contributed by atoms with Crippen molar-refractivity contribution in [2.45, 2.75) is 32.5 Å². The average Bonchev–Trinajstić information content (AvgIpc) is 2.29. The molecule has 1 aromatic rings. The molecule has 0 atom stereocenters. The Hall–Kier alpha value is -1.63. The van der Waals surface area contributed by atoms with Crippen LogP contribution in [0.4, 0.5) is 18.9 Å². The van der Waals surface area contributed by atoms with Crippen LogP contribution in [0.25, 0.3) is 0 Å². The van der Waals surface area contributed by atoms with Crippen LogP contribution < -0.4 is 5.32 Å². The third kappa shape index (κ3) is 5.69. The van der Waals surface area contributed by atoms with E-state index in [4.69, 9.17) is 0 Å². The van der Waals surface area contributed by atoms with Gasteiger partial charge in [0.1, 0.15) is 0 Å². The second-order valence-electron chi connectivity index (χ2n) is 4.27. The predicted octanol–water partition coefficient (Wildman–Crippen LogP) is 3.34. The lowest BCUT2D eigenvalue weighted by Crippen LogP contribution is -2.17. The number of hydrogen-bond acceptors (Lipinski definition) is 3. The molecule has 106 valence electrons. The Kier molecular flexibility index (Phi) is 5.29. The van der Waals surface area contributed by atoms with Crippen LogP contribution in [0.1, 0.15) is 24.0 Å². The molecule has 1 rings (SSSR count). The first kappa shape index (κ1) is 15.4. The number of aryl methyl sites for hydroxylation is 1. The van der Waals surface area contributed by atoms with Gasteiger partial charge in [-0.15, -0.1) is 0 Å². The molecular formula is C12H15F3N2O2. The molecular weight excluding hydrogens is 261 g/mol. The summed E-state index contributed by atoms with van der Waals surface area (Å²) in [6, 6.07) is 4.79. The Balaban J connectivity index is 2.42. The van der Waals surface area contributed by atoms with Crippen LogP contribution in [-0.4, -0.2) is 17.6 Å². The van der Waals surface area contributed by atoms with E-state index in [9.17, 15) is 23.3 Å². The minimum atomic E-state index is -4.13. The Bertz CT molecular complexity index is 447. The van der Waals surface area contributed by atoms with E-state index in [1.165, 1.54) is 6.07 Å². The predicted molar refractivity (Wildman–Crippen MR) is 64.8 cm³/mol. The molecule has 0 fully saturated rings. The molecule has 0 saturated heterocycles. The van der Waals surface area contributed by atoms with Gasteiger partial charge in [-0.05, 0) is 25.5 Å². The third-order valence-electron chi connectivity index (χ3n) is 2.61. The third-order valence-corrected chi connectivity index (χ3v) is 2.61. The van der Waals surface area contributed by atoms with Crippen LogP contribution in [0.2, 0.25) is 0 Å². The van der Waals surface area contributed by atoms with Crippen molar-refractivity contribution in [3.05, 3.63) is 39.4 Å². The summed E-state index contributed by atoms with van der Waals surface area (Å²) in [7, 11) is 0. The van der Waals surface area contributed by atoms with E-state index in [1.807, 2.05) is 0 Å². The number of rotatable bonds is 6. The van der Waals surface area contributed by atoms with E-state index in [0.717, 1.165) is 0 Å². The second-order valence-corrected chi connectivity index (χ2v) is 4.27. The summed E-state index contributed by atoms with van der Waals surface area (Å²) >= 11 is 0. The van der Waals surface area contributed by atoms with Crippen molar-refractivity contribution in [1.29, 1.82) is 0 Å². The summed E-state index contributed by atoms with van der Waals surface area (Å²) in [5.74, 6) is 0. The zero-order valence-corrected chi connectivity index (χ0v) is 10.5. The molecule has 0 saturated carbocycles. The Morgan fingerprint density at radius 3 is 2.63 bits per heavy atom. The molecule has 0 aromatic heterocycles. The van der Waals surface area contributed by atoms with Gasteiger partial charge in [0.05, 0.1) is 4.92 Å². The highest BCUT2D eigenvalue weighted by molar-refractivity contribution is 5.42. The number of nitrogens with one attached hydrogen (secondary N) is 1. The highest BCUT2D eigenvalue weighted by atomic mass is 19.4. The summed E-state index contributed by atoms with van der Waals surface area (Å²) in [6.07, 6.45) is -4.96. The summed E-state index contributed by atoms with van der Waals surface area (Å²) in [5.41, 5.74) is 1.27. The lowest BCUT2D eigenvalue weighted by molar-refractivity contribution is -0.385. The van der Waals surface area contributed by atoms with Crippen LogP contribution in [0.5, 0.6) is 0 Å². The molecule has 1 aromatic carbocycles. The number of nitrogens with zero attached hydrogens (tertiary/aromatic N) is 1. The highest BCUT2D eigenvalue weighted by Crippen LogP contribution is 2.21. The van der Waals surface area contributed by atoms with Crippen LogP contribution in [0.3, 0.4) is 0 Å². The van der Waals surface area contributed by atoms with Gasteiger partial charge in [0.25, 0.3) is 5.69 Å². The molecule has 7 heteroatoms. The second kappa shape index (κ2) is 6.51. The van der Waals surface area contributed by atoms with E-state index < -0.39 is 17.5 Å². The molecule has 0 aliphatic rings. The summed E-state index contributed by atoms with van der Waals surface area (Å²) < 4.78 is 35.7. The normalized spacial score (nSPS) is 11.6. The SMILES string of the molecule is Cc1ccc(CNCCCC(F)(F)F)cc1[N+](=O)[O-]. The summed E-state index contributed by atoms with van der Waals surface area (Å²) in [4.78, 5) is 10.3. The van der Waals surface area contributed by atoms with Crippen LogP contribution >= 0.6 is 0 Å². The number of alkyl halides is 3. The molecule has 0 heterocycles. The first-order valence-electron chi connectivity index (χ1n) is 5.81. The molecule has 4 nitrogen and oxygen atoms in total. The maximum Gasteiger partial charge on any atom is 0.389 e. The van der Waals surface area contributed by atoms with Gasteiger partial charge in [-0.1, -0.05) is 12.1 Å². The van der Waals surface area contributed by atoms with Gasteiger partial charge in [0.2, 0.25) is 0 Å². The maximum atomic E-state index is 11.9. The first-order chi connectivity index (χ1) is 8.79. The van der Waals surface area contributed by atoms with Crippen LogP contribution in [-0.2, 0) is 6.54 Å². The fraction of sp³-hybridized carbons (Fsp3) is 0.500. The molecule has 1 N–H and O–H groups in total. The molecule has 19 heavy (non-hydrogen) atoms. The molecule has 0 aliphatic carbocycles. The van der Waals surface area contributed by atoms with Crippen LogP contribution in [0, 0.1) is 17.0 Å². The molecule has 0 aliphatic heterocycles. The fourth-order valence-corrected chi connectivity index (χ4v) is 1.61. The van der Waals surface area contributed by atoms with E-state index in [1.54, 1.807) is 19.1 Å². The van der Waals surface area contributed by atoms with Gasteiger partial charge in [-0.2, -0.15) is 13.2 Å². The number of nitro groups is 1. The molecule has 0 amide bonds. The van der Waals surface area contributed by atoms with Crippen LogP contribution in [0.15, 0.2) is 18.2 Å². The Labute approximate surface area is 108 Å². The van der Waals surface area contributed by atoms with E-state index in [0.29, 0.717) is 17.7 Å². The smallest absolute Gasteiger partial charge is 0.313 e. The van der Waals surface area contributed by atoms with Gasteiger partial charge in [-0.3, -0.25) is 10.1 Å². The van der Waals surface area contributed by atoms with E-state index >= 15 is 0 Å². The summed E-state index contributed by atoms with van der Waals surface area (Å²) in [5, 5.41) is 13.6. The maximum absolute atomic E-state index is 11.9. The minimum absolute atomic E-state index is 0.00253. The number of benzene rings is 1. The largest absolute Gasteiger partial charge is 0.389 e.